The van der Waals surface area contributed by atoms with Gasteiger partial charge in [-0.15, -0.1) is 0 Å². The van der Waals surface area contributed by atoms with Gasteiger partial charge in [-0.3, -0.25) is 0 Å². The van der Waals surface area contributed by atoms with Crippen LogP contribution < -0.4 is 0 Å². The van der Waals surface area contributed by atoms with Crippen LogP contribution in [0.4, 0.5) is 0 Å². The molecule has 19 heavy (non-hydrogen) atoms. The first-order valence-electron chi connectivity index (χ1n) is 6.44. The SMILES string of the molecule is C/C(=C\I)[C@@H]1O[C@H](CCOB=[PH]=S)[C@H](C)[C@H](O)[C@H]1C. The van der Waals surface area contributed by atoms with Crippen molar-refractivity contribution in [1.82, 2.24) is 0 Å². The fourth-order valence-corrected chi connectivity index (χ4v) is 3.25. The van der Waals surface area contributed by atoms with Crippen LogP contribution in [0.2, 0.25) is 0 Å². The van der Waals surface area contributed by atoms with E-state index in [9.17, 15) is 5.11 Å². The predicted octanol–water partition coefficient (Wildman–Crippen LogP) is 2.81. The molecule has 1 unspecified atom stereocenters. The van der Waals surface area contributed by atoms with E-state index in [-0.39, 0.29) is 37.0 Å². The van der Waals surface area contributed by atoms with Crippen molar-refractivity contribution in [3.63, 3.8) is 0 Å². The third-order valence-corrected chi connectivity index (χ3v) is 5.27. The van der Waals surface area contributed by atoms with Gasteiger partial charge in [-0.05, 0) is 0 Å². The molecule has 7 heteroatoms. The van der Waals surface area contributed by atoms with Crippen LogP contribution in [0.15, 0.2) is 9.66 Å². The topological polar surface area (TPSA) is 38.7 Å². The standard InChI is InChI=1S/C12H21BIO3PS/c1-7(6-14)12-9(3)11(15)8(2)10(17-12)4-5-16-13-18-19/h6,8-12,15,18H,4-5H2,1-3H3/b7-6+/t8-,9+,10+,11-,12-/m0/s1. The van der Waals surface area contributed by atoms with Crippen LogP contribution in [-0.2, 0) is 21.2 Å². The number of ether oxygens (including phenoxy) is 1. The average Bonchev–Trinajstić information content (AvgIpc) is 2.42. The van der Waals surface area contributed by atoms with Crippen LogP contribution in [-0.4, -0.2) is 36.8 Å². The Morgan fingerprint density at radius 1 is 1.53 bits per heavy atom. The molecule has 0 amide bonds. The molecule has 0 aliphatic carbocycles. The molecule has 1 N–H and O–H groups in total. The van der Waals surface area contributed by atoms with Crippen molar-refractivity contribution in [3.05, 3.63) is 9.66 Å². The van der Waals surface area contributed by atoms with Gasteiger partial charge in [-0.1, -0.05) is 0 Å². The van der Waals surface area contributed by atoms with Crippen LogP contribution in [0, 0.1) is 11.8 Å². The second-order valence-electron chi connectivity index (χ2n) is 5.05. The summed E-state index contributed by atoms with van der Waals surface area (Å²) >= 11 is 7.04. The van der Waals surface area contributed by atoms with E-state index < -0.39 is 0 Å². The van der Waals surface area contributed by atoms with E-state index in [2.05, 4.69) is 29.5 Å². The van der Waals surface area contributed by atoms with E-state index in [4.69, 9.17) is 21.2 Å². The molecule has 1 fully saturated rings. The molecule has 0 aromatic rings. The molecule has 0 saturated carbocycles. The molecule has 108 valence electrons. The van der Waals surface area contributed by atoms with Crippen LogP contribution >= 0.6 is 29.4 Å². The van der Waals surface area contributed by atoms with E-state index in [1.807, 2.05) is 17.9 Å². The van der Waals surface area contributed by atoms with E-state index >= 15 is 0 Å². The van der Waals surface area contributed by atoms with Crippen LogP contribution in [0.25, 0.3) is 0 Å². The Labute approximate surface area is 136 Å². The minimum absolute atomic E-state index is 0.00194. The van der Waals surface area contributed by atoms with E-state index in [0.29, 0.717) is 6.61 Å². The van der Waals surface area contributed by atoms with E-state index in [0.717, 1.165) is 6.42 Å². The van der Waals surface area contributed by atoms with Gasteiger partial charge in [-0.25, -0.2) is 0 Å². The Balaban J connectivity index is 2.67. The van der Waals surface area contributed by atoms with Gasteiger partial charge in [-0.2, -0.15) is 0 Å². The number of aliphatic hydroxyl groups excluding tert-OH is 1. The van der Waals surface area contributed by atoms with Gasteiger partial charge in [0.15, 0.2) is 0 Å². The monoisotopic (exact) mass is 414 g/mol. The summed E-state index contributed by atoms with van der Waals surface area (Å²) in [6.45, 7) is 8.69. The number of halogens is 1. The quantitative estimate of drug-likeness (QED) is 0.325. The summed E-state index contributed by atoms with van der Waals surface area (Å²) in [5.74, 6) is 0.252. The van der Waals surface area contributed by atoms with E-state index in [1.165, 1.54) is 5.57 Å². The van der Waals surface area contributed by atoms with E-state index in [1.54, 1.807) is 6.82 Å². The fourth-order valence-electron chi connectivity index (χ4n) is 2.51. The van der Waals surface area contributed by atoms with Gasteiger partial charge in [0.25, 0.3) is 0 Å². The molecule has 1 heterocycles. The van der Waals surface area contributed by atoms with Gasteiger partial charge in [0.1, 0.15) is 0 Å². The fraction of sp³-hybridized carbons (Fsp3) is 0.833. The minimum atomic E-state index is -0.333. The molecule has 3 nitrogen and oxygen atoms in total. The Morgan fingerprint density at radius 2 is 2.21 bits per heavy atom. The van der Waals surface area contributed by atoms with Crippen molar-refractivity contribution in [3.8, 4) is 0 Å². The van der Waals surface area contributed by atoms with Gasteiger partial charge in [0.2, 0.25) is 0 Å². The van der Waals surface area contributed by atoms with Crippen LogP contribution in [0.1, 0.15) is 27.2 Å². The Hall–Kier alpha value is 0.935. The van der Waals surface area contributed by atoms with Crippen molar-refractivity contribution in [2.75, 3.05) is 6.61 Å². The Morgan fingerprint density at radius 3 is 2.79 bits per heavy atom. The van der Waals surface area contributed by atoms with Crippen molar-refractivity contribution in [2.45, 2.75) is 45.5 Å². The third-order valence-electron chi connectivity index (χ3n) is 3.74. The van der Waals surface area contributed by atoms with Gasteiger partial charge >= 0.3 is 136 Å². The number of aliphatic hydroxyl groups is 1. The number of rotatable bonds is 5. The maximum atomic E-state index is 10.4. The van der Waals surface area contributed by atoms with Crippen molar-refractivity contribution < 1.29 is 14.5 Å². The van der Waals surface area contributed by atoms with Crippen LogP contribution in [0.5, 0.6) is 0 Å². The molecule has 1 rings (SSSR count). The normalized spacial score (nSPS) is 36.3. The summed E-state index contributed by atoms with van der Waals surface area (Å²) in [6, 6.07) is 0. The van der Waals surface area contributed by atoms with Gasteiger partial charge in [0.05, 0.1) is 0 Å². The molecule has 1 saturated heterocycles. The summed E-state index contributed by atoms with van der Waals surface area (Å²) in [6.07, 6.45) is 0.480. The maximum absolute atomic E-state index is 10.4. The molecule has 6 atom stereocenters. The summed E-state index contributed by atoms with van der Waals surface area (Å²) in [4.78, 5) is 0. The molecule has 1 aliphatic heterocycles. The zero-order valence-corrected chi connectivity index (χ0v) is 15.5. The molecule has 1 aliphatic rings. The summed E-state index contributed by atoms with van der Waals surface area (Å²) in [7, 11) is 0. The summed E-state index contributed by atoms with van der Waals surface area (Å²) in [5, 5.41) is 10.4. The molecular formula is C12H21BIO3PS. The average molecular weight is 414 g/mol. The second kappa shape index (κ2) is 9.06. The molecule has 0 bridgehead atoms. The first kappa shape index (κ1) is 18.0. The number of hydrogen-bond acceptors (Lipinski definition) is 4. The van der Waals surface area contributed by atoms with Gasteiger partial charge < -0.3 is 0 Å². The van der Waals surface area contributed by atoms with Crippen molar-refractivity contribution in [2.24, 2.45) is 11.8 Å². The molecule has 0 spiro atoms. The second-order valence-corrected chi connectivity index (χ2v) is 6.85. The van der Waals surface area contributed by atoms with Crippen molar-refractivity contribution >= 4 is 48.1 Å². The zero-order chi connectivity index (χ0) is 14.4. The molecular weight excluding hydrogens is 393 g/mol. The first-order valence-corrected chi connectivity index (χ1v) is 9.89. The molecule has 0 radical (unpaired) electrons. The summed E-state index contributed by atoms with van der Waals surface area (Å²) in [5.41, 5.74) is 1.17. The van der Waals surface area contributed by atoms with Gasteiger partial charge in [0, 0.05) is 0 Å². The Kier molecular flexibility index (Phi) is 8.57. The first-order chi connectivity index (χ1) is 9.02. The summed E-state index contributed by atoms with van der Waals surface area (Å²) < 4.78 is 13.5. The third kappa shape index (κ3) is 5.01. The molecule has 0 aromatic heterocycles. The predicted molar refractivity (Wildman–Crippen MR) is 92.8 cm³/mol. The molecule has 0 aromatic carbocycles. The Bertz CT molecular complexity index is 376. The van der Waals surface area contributed by atoms with Crippen molar-refractivity contribution in [1.29, 1.82) is 0 Å². The zero-order valence-electron chi connectivity index (χ0n) is 11.5. The number of hydrogen-bond donors (Lipinski definition) is 1. The van der Waals surface area contributed by atoms with Crippen LogP contribution in [0.3, 0.4) is 0 Å².